The largest absolute Gasteiger partial charge is 0.478 e. The molecule has 1 N–H and O–H groups in total. The predicted octanol–water partition coefficient (Wildman–Crippen LogP) is 2.38. The summed E-state index contributed by atoms with van der Waals surface area (Å²) in [6.45, 7) is 4.04. The van der Waals surface area contributed by atoms with E-state index < -0.39 is 5.97 Å². The topological polar surface area (TPSA) is 49.7 Å². The quantitative estimate of drug-likeness (QED) is 0.737. The van der Waals surface area contributed by atoms with Crippen LogP contribution in [0.4, 0.5) is 5.69 Å². The number of hydrogen-bond acceptors (Lipinski definition) is 2. The maximum atomic E-state index is 10.8. The van der Waals surface area contributed by atoms with Crippen molar-refractivity contribution in [3.63, 3.8) is 0 Å². The zero-order valence-electron chi connectivity index (χ0n) is 8.11. The molecule has 14 heavy (non-hydrogen) atoms. The molecule has 0 radical (unpaired) electrons. The Morgan fingerprint density at radius 1 is 1.43 bits per heavy atom. The van der Waals surface area contributed by atoms with Gasteiger partial charge in [0.05, 0.1) is 11.3 Å². The van der Waals surface area contributed by atoms with Crippen molar-refractivity contribution in [3.8, 4) is 0 Å². The van der Waals surface area contributed by atoms with Crippen LogP contribution < -0.4 is 0 Å². The second-order valence-electron chi connectivity index (χ2n) is 4.02. The summed E-state index contributed by atoms with van der Waals surface area (Å²) >= 11 is 0. The Kier molecular flexibility index (Phi) is 1.71. The summed E-state index contributed by atoms with van der Waals surface area (Å²) < 4.78 is 0. The van der Waals surface area contributed by atoms with E-state index in [0.717, 1.165) is 11.3 Å². The van der Waals surface area contributed by atoms with Crippen LogP contribution in [0.2, 0.25) is 0 Å². The van der Waals surface area contributed by atoms with E-state index in [9.17, 15) is 4.79 Å². The fraction of sp³-hybridized carbons (Fsp3) is 0.273. The van der Waals surface area contributed by atoms with Crippen LogP contribution in [-0.4, -0.2) is 17.3 Å². The molecule has 0 bridgehead atoms. The fourth-order valence-corrected chi connectivity index (χ4v) is 1.60. The number of hydrogen-bond donors (Lipinski definition) is 1. The third kappa shape index (κ3) is 1.21. The first-order valence-corrected chi connectivity index (χ1v) is 4.44. The number of carbonyl (C=O) groups is 1. The first-order chi connectivity index (χ1) is 6.50. The van der Waals surface area contributed by atoms with Crippen molar-refractivity contribution in [1.82, 2.24) is 0 Å². The number of rotatable bonds is 1. The molecular weight excluding hydrogens is 178 g/mol. The van der Waals surface area contributed by atoms with Crippen molar-refractivity contribution < 1.29 is 9.90 Å². The Labute approximate surface area is 82.1 Å². The van der Waals surface area contributed by atoms with Crippen LogP contribution in [0.5, 0.6) is 0 Å². The molecule has 72 valence electrons. The smallest absolute Gasteiger partial charge is 0.335 e. The van der Waals surface area contributed by atoms with Gasteiger partial charge in [0.25, 0.3) is 0 Å². The summed E-state index contributed by atoms with van der Waals surface area (Å²) in [5.41, 5.74) is 2.03. The van der Waals surface area contributed by atoms with Crippen molar-refractivity contribution >= 4 is 17.9 Å². The van der Waals surface area contributed by atoms with E-state index in [4.69, 9.17) is 5.11 Å². The monoisotopic (exact) mass is 189 g/mol. The molecule has 0 amide bonds. The molecule has 0 saturated carbocycles. The maximum Gasteiger partial charge on any atom is 0.335 e. The van der Waals surface area contributed by atoms with Crippen molar-refractivity contribution in [2.24, 2.45) is 4.99 Å². The summed E-state index contributed by atoms with van der Waals surface area (Å²) in [6.07, 6.45) is 1.85. The number of aliphatic imine (C=N–C) groups is 1. The molecule has 1 aromatic carbocycles. The van der Waals surface area contributed by atoms with E-state index in [0.29, 0.717) is 5.56 Å². The van der Waals surface area contributed by atoms with Gasteiger partial charge in [0.15, 0.2) is 0 Å². The van der Waals surface area contributed by atoms with Crippen LogP contribution >= 0.6 is 0 Å². The minimum absolute atomic E-state index is 0.152. The molecule has 0 unspecified atom stereocenters. The average Bonchev–Trinajstić information content (AvgIpc) is 2.42. The molecule has 0 atom stereocenters. The molecule has 1 aromatic rings. The minimum atomic E-state index is -0.893. The van der Waals surface area contributed by atoms with Gasteiger partial charge in [-0.25, -0.2) is 4.79 Å². The van der Waals surface area contributed by atoms with Crippen LogP contribution in [0, 0.1) is 0 Å². The van der Waals surface area contributed by atoms with Crippen molar-refractivity contribution in [2.75, 3.05) is 0 Å². The number of fused-ring (bicyclic) bond motifs is 1. The molecule has 0 fully saturated rings. The second kappa shape index (κ2) is 2.67. The molecule has 1 aliphatic heterocycles. The van der Waals surface area contributed by atoms with Gasteiger partial charge in [-0.2, -0.15) is 0 Å². The van der Waals surface area contributed by atoms with Crippen LogP contribution in [0.25, 0.3) is 0 Å². The highest BCUT2D eigenvalue weighted by Gasteiger charge is 2.27. The summed E-state index contributed by atoms with van der Waals surface area (Å²) in [4.78, 5) is 15.0. The number of nitrogens with zero attached hydrogens (tertiary/aromatic N) is 1. The van der Waals surface area contributed by atoms with E-state index in [-0.39, 0.29) is 5.41 Å². The van der Waals surface area contributed by atoms with Gasteiger partial charge in [0, 0.05) is 11.6 Å². The van der Waals surface area contributed by atoms with E-state index in [1.807, 2.05) is 20.1 Å². The van der Waals surface area contributed by atoms with Gasteiger partial charge < -0.3 is 5.11 Å². The van der Waals surface area contributed by atoms with Crippen LogP contribution in [0.15, 0.2) is 23.2 Å². The fourth-order valence-electron chi connectivity index (χ4n) is 1.60. The SMILES string of the molecule is CC1(C)C=Nc2ccc(C(=O)O)cc21. The zero-order chi connectivity index (χ0) is 10.3. The Morgan fingerprint density at radius 3 is 2.79 bits per heavy atom. The summed E-state index contributed by atoms with van der Waals surface area (Å²) in [5, 5.41) is 8.85. The van der Waals surface area contributed by atoms with Crippen LogP contribution in [0.3, 0.4) is 0 Å². The van der Waals surface area contributed by atoms with Gasteiger partial charge in [-0.05, 0) is 23.8 Å². The van der Waals surface area contributed by atoms with Gasteiger partial charge in [0.2, 0.25) is 0 Å². The van der Waals surface area contributed by atoms with E-state index in [2.05, 4.69) is 4.99 Å². The van der Waals surface area contributed by atoms with E-state index in [1.54, 1.807) is 18.2 Å². The molecule has 0 spiro atoms. The Morgan fingerprint density at radius 2 is 2.14 bits per heavy atom. The maximum absolute atomic E-state index is 10.8. The van der Waals surface area contributed by atoms with Gasteiger partial charge in [-0.15, -0.1) is 0 Å². The Hall–Kier alpha value is -1.64. The second-order valence-corrected chi connectivity index (χ2v) is 4.02. The third-order valence-electron chi connectivity index (χ3n) is 2.46. The Balaban J connectivity index is 2.57. The first kappa shape index (κ1) is 8.94. The van der Waals surface area contributed by atoms with E-state index in [1.165, 1.54) is 0 Å². The van der Waals surface area contributed by atoms with Gasteiger partial charge >= 0.3 is 5.97 Å². The lowest BCUT2D eigenvalue weighted by molar-refractivity contribution is 0.0697. The van der Waals surface area contributed by atoms with Crippen LogP contribution in [-0.2, 0) is 5.41 Å². The van der Waals surface area contributed by atoms with Gasteiger partial charge in [-0.1, -0.05) is 13.8 Å². The van der Waals surface area contributed by atoms with Crippen molar-refractivity contribution in [2.45, 2.75) is 19.3 Å². The number of aromatic carboxylic acids is 1. The standard InChI is InChI=1S/C11H11NO2/c1-11(2)6-12-9-4-3-7(10(13)14)5-8(9)11/h3-6H,1-2H3,(H,13,14). The molecule has 2 rings (SSSR count). The summed E-state index contributed by atoms with van der Waals surface area (Å²) in [7, 11) is 0. The van der Waals surface area contributed by atoms with Gasteiger partial charge in [0.1, 0.15) is 0 Å². The lowest BCUT2D eigenvalue weighted by Gasteiger charge is -2.15. The van der Waals surface area contributed by atoms with Crippen molar-refractivity contribution in [3.05, 3.63) is 29.3 Å². The molecule has 3 nitrogen and oxygen atoms in total. The number of carboxylic acids is 1. The average molecular weight is 189 g/mol. The normalized spacial score (nSPS) is 16.7. The lowest BCUT2D eigenvalue weighted by Crippen LogP contribution is -2.15. The highest BCUT2D eigenvalue weighted by atomic mass is 16.4. The first-order valence-electron chi connectivity index (χ1n) is 4.44. The number of carboxylic acid groups (broad SMARTS) is 1. The molecule has 1 aliphatic rings. The molecule has 1 heterocycles. The predicted molar refractivity (Wildman–Crippen MR) is 54.6 cm³/mol. The Bertz CT molecular complexity index is 433. The molecule has 0 saturated heterocycles. The minimum Gasteiger partial charge on any atom is -0.478 e. The third-order valence-corrected chi connectivity index (χ3v) is 2.46. The highest BCUT2D eigenvalue weighted by Crippen LogP contribution is 2.36. The molecule has 0 aromatic heterocycles. The summed E-state index contributed by atoms with van der Waals surface area (Å²) in [6, 6.07) is 5.04. The zero-order valence-corrected chi connectivity index (χ0v) is 8.11. The van der Waals surface area contributed by atoms with E-state index >= 15 is 0 Å². The molecule has 3 heteroatoms. The molecular formula is C11H11NO2. The lowest BCUT2D eigenvalue weighted by atomic mass is 9.86. The highest BCUT2D eigenvalue weighted by molar-refractivity contribution is 5.91. The summed E-state index contributed by atoms with van der Waals surface area (Å²) in [5.74, 6) is -0.893. The van der Waals surface area contributed by atoms with Crippen LogP contribution in [0.1, 0.15) is 29.8 Å². The van der Waals surface area contributed by atoms with Crippen molar-refractivity contribution in [1.29, 1.82) is 0 Å². The molecule has 0 aliphatic carbocycles. The number of benzene rings is 1. The van der Waals surface area contributed by atoms with Gasteiger partial charge in [-0.3, -0.25) is 4.99 Å².